The molecule has 3 nitrogen and oxygen atoms in total. The molecule has 0 spiro atoms. The largest absolute Gasteiger partial charge is 0.343 e. The zero-order valence-corrected chi connectivity index (χ0v) is 8.89. The number of nitrogens with one attached hydrogen (secondary N) is 1. The van der Waals surface area contributed by atoms with Crippen LogP contribution in [-0.4, -0.2) is 36.5 Å². The Morgan fingerprint density at radius 2 is 2.00 bits per heavy atom. The van der Waals surface area contributed by atoms with Crippen molar-refractivity contribution in [1.29, 1.82) is 0 Å². The Hall–Kier alpha value is -0.570. The first-order chi connectivity index (χ1) is 6.11. The first-order valence-electron chi connectivity index (χ1n) is 5.08. The van der Waals surface area contributed by atoms with Crippen molar-refractivity contribution in [2.24, 2.45) is 0 Å². The molecule has 1 amide bonds. The summed E-state index contributed by atoms with van der Waals surface area (Å²) in [5, 5.41) is 3.32. The highest BCUT2D eigenvalue weighted by Gasteiger charge is 2.29. The highest BCUT2D eigenvalue weighted by molar-refractivity contribution is 5.75. The van der Waals surface area contributed by atoms with E-state index in [0.29, 0.717) is 6.42 Å². The lowest BCUT2D eigenvalue weighted by Gasteiger charge is -2.39. The maximum absolute atomic E-state index is 11.4. The molecule has 0 atom stereocenters. The minimum atomic E-state index is 0.241. The van der Waals surface area contributed by atoms with Gasteiger partial charge in [0.1, 0.15) is 0 Å². The number of rotatable bonds is 2. The monoisotopic (exact) mass is 184 g/mol. The molecular formula is C10H20N2O. The maximum Gasteiger partial charge on any atom is 0.222 e. The summed E-state index contributed by atoms with van der Waals surface area (Å²) in [6, 6.07) is 0. The van der Waals surface area contributed by atoms with Gasteiger partial charge in [0.2, 0.25) is 5.91 Å². The highest BCUT2D eigenvalue weighted by atomic mass is 16.2. The van der Waals surface area contributed by atoms with Crippen LogP contribution in [-0.2, 0) is 4.79 Å². The van der Waals surface area contributed by atoms with E-state index in [2.05, 4.69) is 12.2 Å². The second-order valence-corrected chi connectivity index (χ2v) is 4.05. The molecule has 0 unspecified atom stereocenters. The number of hydrogen-bond acceptors (Lipinski definition) is 2. The zero-order valence-electron chi connectivity index (χ0n) is 8.89. The number of nitrogens with zero attached hydrogens (tertiary/aromatic N) is 1. The third-order valence-electron chi connectivity index (χ3n) is 3.13. The van der Waals surface area contributed by atoms with Gasteiger partial charge in [-0.05, 0) is 26.8 Å². The lowest BCUT2D eigenvalue weighted by molar-refractivity contribution is -0.132. The Balaban J connectivity index is 2.43. The van der Waals surface area contributed by atoms with Crippen molar-refractivity contribution < 1.29 is 4.79 Å². The van der Waals surface area contributed by atoms with Gasteiger partial charge in [-0.15, -0.1) is 0 Å². The van der Waals surface area contributed by atoms with Crippen LogP contribution in [0.5, 0.6) is 0 Å². The molecule has 0 aromatic rings. The van der Waals surface area contributed by atoms with Crippen molar-refractivity contribution in [3.05, 3.63) is 0 Å². The molecule has 1 fully saturated rings. The molecule has 1 heterocycles. The van der Waals surface area contributed by atoms with Gasteiger partial charge in [0.05, 0.1) is 0 Å². The molecule has 3 heteroatoms. The molecule has 0 aliphatic carbocycles. The van der Waals surface area contributed by atoms with Crippen LogP contribution in [0.1, 0.15) is 33.1 Å². The molecule has 1 saturated heterocycles. The molecular weight excluding hydrogens is 164 g/mol. The van der Waals surface area contributed by atoms with Crippen LogP contribution in [0.25, 0.3) is 0 Å². The Morgan fingerprint density at radius 3 is 2.38 bits per heavy atom. The van der Waals surface area contributed by atoms with E-state index in [1.165, 1.54) is 0 Å². The minimum Gasteiger partial charge on any atom is -0.343 e. The van der Waals surface area contributed by atoms with Crippen LogP contribution in [0.2, 0.25) is 0 Å². The van der Waals surface area contributed by atoms with E-state index < -0.39 is 0 Å². The summed E-state index contributed by atoms with van der Waals surface area (Å²) in [6.45, 7) is 5.96. The minimum absolute atomic E-state index is 0.241. The molecule has 0 bridgehead atoms. The number of carbonyl (C=O) groups excluding carboxylic acids is 1. The van der Waals surface area contributed by atoms with Crippen molar-refractivity contribution in [2.75, 3.05) is 20.1 Å². The van der Waals surface area contributed by atoms with E-state index in [-0.39, 0.29) is 11.4 Å². The Morgan fingerprint density at radius 1 is 1.46 bits per heavy atom. The van der Waals surface area contributed by atoms with E-state index in [0.717, 1.165) is 25.9 Å². The van der Waals surface area contributed by atoms with Crippen LogP contribution in [0.3, 0.4) is 0 Å². The summed E-state index contributed by atoms with van der Waals surface area (Å²) < 4.78 is 0. The van der Waals surface area contributed by atoms with Crippen molar-refractivity contribution in [3.8, 4) is 0 Å². The predicted octanol–water partition coefficient (Wildman–Crippen LogP) is 0.997. The zero-order chi connectivity index (χ0) is 9.90. The average molecular weight is 184 g/mol. The van der Waals surface area contributed by atoms with Gasteiger partial charge in [0.15, 0.2) is 0 Å². The van der Waals surface area contributed by atoms with Gasteiger partial charge in [-0.3, -0.25) is 4.79 Å². The van der Waals surface area contributed by atoms with Crippen molar-refractivity contribution in [1.82, 2.24) is 10.2 Å². The molecule has 1 aliphatic heterocycles. The molecule has 1 aliphatic rings. The molecule has 76 valence electrons. The Labute approximate surface area is 80.5 Å². The van der Waals surface area contributed by atoms with Crippen molar-refractivity contribution in [2.45, 2.75) is 38.6 Å². The second-order valence-electron chi connectivity index (χ2n) is 4.05. The number of carbonyl (C=O) groups is 1. The summed E-state index contributed by atoms with van der Waals surface area (Å²) in [5.41, 5.74) is 0.241. The lowest BCUT2D eigenvalue weighted by atomic mass is 9.90. The highest BCUT2D eigenvalue weighted by Crippen LogP contribution is 2.21. The lowest BCUT2D eigenvalue weighted by Crippen LogP contribution is -2.51. The summed E-state index contributed by atoms with van der Waals surface area (Å²) in [4.78, 5) is 13.3. The van der Waals surface area contributed by atoms with Gasteiger partial charge >= 0.3 is 0 Å². The molecule has 0 saturated carbocycles. The van der Waals surface area contributed by atoms with Gasteiger partial charge in [0, 0.05) is 25.0 Å². The molecule has 13 heavy (non-hydrogen) atoms. The van der Waals surface area contributed by atoms with Crippen molar-refractivity contribution >= 4 is 5.91 Å². The number of hydrogen-bond donors (Lipinski definition) is 1. The average Bonchev–Trinajstić information content (AvgIpc) is 2.18. The standard InChI is InChI=1S/C10H20N2O/c1-4-9(13)12-7-5-10(2,11-3)6-8-12/h11H,4-8H2,1-3H3. The van der Waals surface area contributed by atoms with Crippen LogP contribution in [0, 0.1) is 0 Å². The van der Waals surface area contributed by atoms with Crippen LogP contribution >= 0.6 is 0 Å². The number of amides is 1. The predicted molar refractivity (Wildman–Crippen MR) is 53.6 cm³/mol. The Bertz CT molecular complexity index is 183. The van der Waals surface area contributed by atoms with E-state index in [9.17, 15) is 4.79 Å². The van der Waals surface area contributed by atoms with Gasteiger partial charge in [-0.1, -0.05) is 6.92 Å². The summed E-state index contributed by atoms with van der Waals surface area (Å²) in [6.07, 6.45) is 2.76. The van der Waals surface area contributed by atoms with Gasteiger partial charge in [-0.2, -0.15) is 0 Å². The fourth-order valence-corrected chi connectivity index (χ4v) is 1.72. The van der Waals surface area contributed by atoms with Gasteiger partial charge < -0.3 is 10.2 Å². The number of likely N-dealkylation sites (tertiary alicyclic amines) is 1. The molecule has 0 aromatic heterocycles. The first-order valence-corrected chi connectivity index (χ1v) is 5.08. The van der Waals surface area contributed by atoms with Crippen LogP contribution in [0.4, 0.5) is 0 Å². The fourth-order valence-electron chi connectivity index (χ4n) is 1.72. The maximum atomic E-state index is 11.4. The first kappa shape index (κ1) is 10.5. The number of piperidine rings is 1. The molecule has 0 aromatic carbocycles. The molecule has 0 radical (unpaired) electrons. The van der Waals surface area contributed by atoms with E-state index >= 15 is 0 Å². The second kappa shape index (κ2) is 4.09. The van der Waals surface area contributed by atoms with Crippen LogP contribution < -0.4 is 5.32 Å². The summed E-state index contributed by atoms with van der Waals surface area (Å²) in [5.74, 6) is 0.290. The van der Waals surface area contributed by atoms with Crippen molar-refractivity contribution in [3.63, 3.8) is 0 Å². The summed E-state index contributed by atoms with van der Waals surface area (Å²) in [7, 11) is 2.00. The fraction of sp³-hybridized carbons (Fsp3) is 0.900. The third kappa shape index (κ3) is 2.44. The SMILES string of the molecule is CCC(=O)N1CCC(C)(NC)CC1. The molecule has 1 N–H and O–H groups in total. The van der Waals surface area contributed by atoms with E-state index in [1.807, 2.05) is 18.9 Å². The van der Waals surface area contributed by atoms with E-state index in [1.54, 1.807) is 0 Å². The molecule has 1 rings (SSSR count). The topological polar surface area (TPSA) is 32.3 Å². The third-order valence-corrected chi connectivity index (χ3v) is 3.13. The Kier molecular flexibility index (Phi) is 3.31. The van der Waals surface area contributed by atoms with E-state index in [4.69, 9.17) is 0 Å². The summed E-state index contributed by atoms with van der Waals surface area (Å²) >= 11 is 0. The normalized spacial score (nSPS) is 21.6. The van der Waals surface area contributed by atoms with Gasteiger partial charge in [-0.25, -0.2) is 0 Å². The smallest absolute Gasteiger partial charge is 0.222 e. The quantitative estimate of drug-likeness (QED) is 0.694. The van der Waals surface area contributed by atoms with Gasteiger partial charge in [0.25, 0.3) is 0 Å². The van der Waals surface area contributed by atoms with Crippen LogP contribution in [0.15, 0.2) is 0 Å².